The number of ether oxygens (including phenoxy) is 1. The Labute approximate surface area is 136 Å². The molecule has 1 saturated carbocycles. The minimum absolute atomic E-state index is 0.938. The predicted octanol–water partition coefficient (Wildman–Crippen LogP) is 1.33. The Bertz CT molecular complexity index is 262. The van der Waals surface area contributed by atoms with E-state index in [1.165, 1.54) is 83.7 Å². The van der Waals surface area contributed by atoms with E-state index in [0.717, 1.165) is 26.2 Å². The third kappa shape index (κ3) is 10.2. The van der Waals surface area contributed by atoms with Gasteiger partial charge in [-0.1, -0.05) is 44.9 Å². The molecule has 1 N–H and O–H groups in total. The van der Waals surface area contributed by atoms with Crippen LogP contribution >= 0.6 is 0 Å². The van der Waals surface area contributed by atoms with Crippen LogP contribution in [0.25, 0.3) is 0 Å². The third-order valence-electron chi connectivity index (χ3n) is 4.82. The van der Waals surface area contributed by atoms with E-state index in [-0.39, 0.29) is 0 Å². The molecule has 2 fully saturated rings. The SMILES string of the molecule is C1CCCCCC([NH+]2CCOCC2)CCCCC1.CC(=O)[O-]. The molecule has 0 aromatic rings. The molecule has 22 heavy (non-hydrogen) atoms. The normalized spacial score (nSPS) is 23.5. The van der Waals surface area contributed by atoms with Gasteiger partial charge < -0.3 is 19.5 Å². The van der Waals surface area contributed by atoms with Crippen molar-refractivity contribution < 1.29 is 19.5 Å². The van der Waals surface area contributed by atoms with Crippen molar-refractivity contribution in [3.63, 3.8) is 0 Å². The van der Waals surface area contributed by atoms with Gasteiger partial charge in [-0.05, 0) is 32.6 Å². The maximum atomic E-state index is 8.89. The highest BCUT2D eigenvalue weighted by Gasteiger charge is 2.23. The molecule has 130 valence electrons. The lowest BCUT2D eigenvalue weighted by molar-refractivity contribution is -0.933. The largest absolute Gasteiger partial charge is 0.550 e. The van der Waals surface area contributed by atoms with E-state index >= 15 is 0 Å². The topological polar surface area (TPSA) is 53.8 Å². The van der Waals surface area contributed by atoms with E-state index in [2.05, 4.69) is 0 Å². The Kier molecular flexibility index (Phi) is 11.4. The van der Waals surface area contributed by atoms with Crippen molar-refractivity contribution in [1.82, 2.24) is 0 Å². The summed E-state index contributed by atoms with van der Waals surface area (Å²) >= 11 is 0. The Morgan fingerprint density at radius 3 is 1.64 bits per heavy atom. The van der Waals surface area contributed by atoms with Gasteiger partial charge in [-0.3, -0.25) is 0 Å². The van der Waals surface area contributed by atoms with Gasteiger partial charge in [0.1, 0.15) is 13.1 Å². The first-order chi connectivity index (χ1) is 10.7. The summed E-state index contributed by atoms with van der Waals surface area (Å²) < 4.78 is 5.51. The molecule has 2 rings (SSSR count). The second kappa shape index (κ2) is 12.9. The minimum Gasteiger partial charge on any atom is -0.550 e. The number of carboxylic acids is 1. The van der Waals surface area contributed by atoms with Crippen LogP contribution in [-0.2, 0) is 9.53 Å². The second-order valence-corrected chi connectivity index (χ2v) is 6.72. The molecule has 1 aliphatic carbocycles. The van der Waals surface area contributed by atoms with Crippen LogP contribution in [0.4, 0.5) is 0 Å². The molecule has 0 aromatic carbocycles. The summed E-state index contributed by atoms with van der Waals surface area (Å²) in [4.78, 5) is 10.7. The van der Waals surface area contributed by atoms with Gasteiger partial charge in [0.05, 0.1) is 19.3 Å². The van der Waals surface area contributed by atoms with Crippen LogP contribution in [0, 0.1) is 0 Å². The Morgan fingerprint density at radius 1 is 0.864 bits per heavy atom. The van der Waals surface area contributed by atoms with Crippen LogP contribution in [-0.4, -0.2) is 38.3 Å². The fraction of sp³-hybridized carbons (Fsp3) is 0.944. The summed E-state index contributed by atoms with van der Waals surface area (Å²) in [6.45, 7) is 5.47. The average molecular weight is 313 g/mol. The van der Waals surface area contributed by atoms with E-state index in [4.69, 9.17) is 14.6 Å². The van der Waals surface area contributed by atoms with Crippen molar-refractivity contribution in [2.45, 2.75) is 83.6 Å². The first-order valence-electron chi connectivity index (χ1n) is 9.30. The highest BCUT2D eigenvalue weighted by Crippen LogP contribution is 2.16. The fourth-order valence-electron chi connectivity index (χ4n) is 3.61. The summed E-state index contributed by atoms with van der Waals surface area (Å²) in [6.07, 6.45) is 16.2. The number of rotatable bonds is 1. The molecule has 0 bridgehead atoms. The molecular formula is C18H35NO3. The van der Waals surface area contributed by atoms with Crippen molar-refractivity contribution in [3.05, 3.63) is 0 Å². The molecule has 0 atom stereocenters. The Hall–Kier alpha value is -0.610. The molecule has 0 amide bonds. The zero-order valence-corrected chi connectivity index (χ0v) is 14.4. The lowest BCUT2D eigenvalue weighted by Gasteiger charge is -2.32. The predicted molar refractivity (Wildman–Crippen MR) is 86.8 cm³/mol. The van der Waals surface area contributed by atoms with Crippen molar-refractivity contribution >= 4 is 5.97 Å². The van der Waals surface area contributed by atoms with Crippen molar-refractivity contribution in [1.29, 1.82) is 0 Å². The van der Waals surface area contributed by atoms with E-state index in [1.807, 2.05) is 4.90 Å². The minimum atomic E-state index is -1.08. The Balaban J connectivity index is 0.000000541. The number of hydrogen-bond donors (Lipinski definition) is 1. The second-order valence-electron chi connectivity index (χ2n) is 6.72. The quantitative estimate of drug-likeness (QED) is 0.794. The first kappa shape index (κ1) is 19.4. The van der Waals surface area contributed by atoms with Crippen LogP contribution in [0.15, 0.2) is 0 Å². The number of carbonyl (C=O) groups excluding carboxylic acids is 1. The number of aliphatic carboxylic acids is 1. The molecule has 2 aliphatic rings. The van der Waals surface area contributed by atoms with E-state index < -0.39 is 5.97 Å². The summed E-state index contributed by atoms with van der Waals surface area (Å²) in [6, 6.07) is 0.938. The van der Waals surface area contributed by atoms with Gasteiger partial charge in [-0.25, -0.2) is 0 Å². The number of carbonyl (C=O) groups is 1. The number of hydrogen-bond acceptors (Lipinski definition) is 3. The van der Waals surface area contributed by atoms with Gasteiger partial charge in [0, 0.05) is 5.97 Å². The Morgan fingerprint density at radius 2 is 1.23 bits per heavy atom. The lowest BCUT2D eigenvalue weighted by atomic mass is 9.97. The van der Waals surface area contributed by atoms with Gasteiger partial charge in [0.25, 0.3) is 0 Å². The molecule has 1 aliphatic heterocycles. The molecule has 0 spiro atoms. The van der Waals surface area contributed by atoms with E-state index in [1.54, 1.807) is 0 Å². The van der Waals surface area contributed by atoms with Crippen LogP contribution in [0.2, 0.25) is 0 Å². The van der Waals surface area contributed by atoms with Crippen LogP contribution < -0.4 is 10.0 Å². The van der Waals surface area contributed by atoms with Gasteiger partial charge >= 0.3 is 0 Å². The molecule has 1 heterocycles. The van der Waals surface area contributed by atoms with Gasteiger partial charge in [-0.2, -0.15) is 0 Å². The van der Waals surface area contributed by atoms with Gasteiger partial charge in [0.15, 0.2) is 0 Å². The average Bonchev–Trinajstić information content (AvgIpc) is 2.48. The van der Waals surface area contributed by atoms with Gasteiger partial charge in [0.2, 0.25) is 0 Å². The molecule has 0 aromatic heterocycles. The molecule has 0 radical (unpaired) electrons. The monoisotopic (exact) mass is 313 g/mol. The number of morpholine rings is 1. The van der Waals surface area contributed by atoms with Crippen molar-refractivity contribution in [2.24, 2.45) is 0 Å². The van der Waals surface area contributed by atoms with Crippen molar-refractivity contribution in [2.75, 3.05) is 26.3 Å². The third-order valence-corrected chi connectivity index (χ3v) is 4.82. The van der Waals surface area contributed by atoms with E-state index in [9.17, 15) is 0 Å². The fourth-order valence-corrected chi connectivity index (χ4v) is 3.61. The first-order valence-corrected chi connectivity index (χ1v) is 9.30. The lowest BCUT2D eigenvalue weighted by Crippen LogP contribution is -3.17. The maximum Gasteiger partial charge on any atom is 0.101 e. The van der Waals surface area contributed by atoms with Crippen molar-refractivity contribution in [3.8, 4) is 0 Å². The summed E-state index contributed by atoms with van der Waals surface area (Å²) in [5.74, 6) is -1.08. The zero-order chi connectivity index (χ0) is 16.0. The maximum absolute atomic E-state index is 8.89. The van der Waals surface area contributed by atoms with Crippen LogP contribution in [0.5, 0.6) is 0 Å². The highest BCUT2D eigenvalue weighted by atomic mass is 16.5. The van der Waals surface area contributed by atoms with Crippen LogP contribution in [0.3, 0.4) is 0 Å². The van der Waals surface area contributed by atoms with E-state index in [0.29, 0.717) is 0 Å². The number of quaternary nitrogens is 1. The molecule has 4 nitrogen and oxygen atoms in total. The number of nitrogens with one attached hydrogen (secondary N) is 1. The smallest absolute Gasteiger partial charge is 0.101 e. The summed E-state index contributed by atoms with van der Waals surface area (Å²) in [7, 11) is 0. The molecule has 4 heteroatoms. The molecular weight excluding hydrogens is 278 g/mol. The highest BCUT2D eigenvalue weighted by molar-refractivity contribution is 5.60. The van der Waals surface area contributed by atoms with Crippen LogP contribution in [0.1, 0.15) is 77.6 Å². The standard InChI is InChI=1S/C16H31NO.C2H4O2/c1-2-4-6-8-10-16(11-9-7-5-3-1)17-12-14-18-15-13-17;1-2(3)4/h16H,1-15H2;1H3,(H,3,4). The molecule has 0 unspecified atom stereocenters. The zero-order valence-electron chi connectivity index (χ0n) is 14.4. The van der Waals surface area contributed by atoms with Gasteiger partial charge in [-0.15, -0.1) is 0 Å². The molecule has 1 saturated heterocycles. The number of carboxylic acid groups (broad SMARTS) is 1. The summed E-state index contributed by atoms with van der Waals surface area (Å²) in [5.41, 5.74) is 0. The summed E-state index contributed by atoms with van der Waals surface area (Å²) in [5, 5.41) is 8.89.